The maximum Gasteiger partial charge on any atom is 0.219 e. The number of benzene rings is 1. The SMILES string of the molecule is CC(=O)N(C)C1CCN(c2ccc(N)cc2)C1. The molecule has 17 heavy (non-hydrogen) atoms. The summed E-state index contributed by atoms with van der Waals surface area (Å²) < 4.78 is 0. The van der Waals surface area contributed by atoms with E-state index in [4.69, 9.17) is 5.73 Å². The van der Waals surface area contributed by atoms with Crippen molar-refractivity contribution < 1.29 is 4.79 Å². The fraction of sp³-hybridized carbons (Fsp3) is 0.462. The van der Waals surface area contributed by atoms with Gasteiger partial charge in [0, 0.05) is 38.4 Å². The Morgan fingerprint density at radius 3 is 2.65 bits per heavy atom. The summed E-state index contributed by atoms with van der Waals surface area (Å²) in [6.07, 6.45) is 1.03. The van der Waals surface area contributed by atoms with Crippen molar-refractivity contribution >= 4 is 17.3 Å². The minimum Gasteiger partial charge on any atom is -0.399 e. The van der Waals surface area contributed by atoms with Crippen LogP contribution >= 0.6 is 0 Å². The summed E-state index contributed by atoms with van der Waals surface area (Å²) in [5.74, 6) is 0.133. The number of hydrogen-bond acceptors (Lipinski definition) is 3. The molecule has 0 bridgehead atoms. The first kappa shape index (κ1) is 11.8. The molecule has 1 aromatic carbocycles. The van der Waals surface area contributed by atoms with Gasteiger partial charge in [0.05, 0.1) is 6.04 Å². The average Bonchev–Trinajstić information content (AvgIpc) is 2.78. The zero-order valence-corrected chi connectivity index (χ0v) is 10.4. The van der Waals surface area contributed by atoms with E-state index in [2.05, 4.69) is 4.90 Å². The Morgan fingerprint density at radius 1 is 1.41 bits per heavy atom. The Morgan fingerprint density at radius 2 is 2.06 bits per heavy atom. The molecule has 0 aromatic heterocycles. The predicted molar refractivity (Wildman–Crippen MR) is 69.9 cm³/mol. The number of carbonyl (C=O) groups is 1. The summed E-state index contributed by atoms with van der Waals surface area (Å²) in [5, 5.41) is 0. The van der Waals surface area contributed by atoms with Crippen LogP contribution in [0.1, 0.15) is 13.3 Å². The molecule has 1 aromatic rings. The van der Waals surface area contributed by atoms with E-state index >= 15 is 0 Å². The van der Waals surface area contributed by atoms with E-state index in [9.17, 15) is 4.79 Å². The number of hydrogen-bond donors (Lipinski definition) is 1. The molecule has 0 spiro atoms. The lowest BCUT2D eigenvalue weighted by Crippen LogP contribution is -2.37. The van der Waals surface area contributed by atoms with Crippen molar-refractivity contribution in [1.29, 1.82) is 0 Å². The van der Waals surface area contributed by atoms with Crippen molar-refractivity contribution in [2.24, 2.45) is 0 Å². The first-order valence-corrected chi connectivity index (χ1v) is 5.92. The van der Waals surface area contributed by atoms with Crippen LogP contribution in [0, 0.1) is 0 Å². The third kappa shape index (κ3) is 2.52. The van der Waals surface area contributed by atoms with E-state index in [1.165, 1.54) is 5.69 Å². The quantitative estimate of drug-likeness (QED) is 0.784. The molecule has 4 nitrogen and oxygen atoms in total. The largest absolute Gasteiger partial charge is 0.399 e. The van der Waals surface area contributed by atoms with Crippen LogP contribution in [0.2, 0.25) is 0 Å². The van der Waals surface area contributed by atoms with E-state index < -0.39 is 0 Å². The third-order valence-electron chi connectivity index (χ3n) is 3.47. The van der Waals surface area contributed by atoms with Crippen molar-refractivity contribution in [3.8, 4) is 0 Å². The number of likely N-dealkylation sites (N-methyl/N-ethyl adjacent to an activating group) is 1. The molecule has 1 unspecified atom stereocenters. The first-order valence-electron chi connectivity index (χ1n) is 5.92. The van der Waals surface area contributed by atoms with Gasteiger partial charge in [-0.3, -0.25) is 4.79 Å². The molecular formula is C13H19N3O. The highest BCUT2D eigenvalue weighted by Crippen LogP contribution is 2.23. The van der Waals surface area contributed by atoms with E-state index in [0.717, 1.165) is 25.2 Å². The Bertz CT molecular complexity index is 402. The monoisotopic (exact) mass is 233 g/mol. The Balaban J connectivity index is 2.02. The molecule has 1 heterocycles. The van der Waals surface area contributed by atoms with Crippen LogP contribution in [0.25, 0.3) is 0 Å². The van der Waals surface area contributed by atoms with Crippen LogP contribution in [0.3, 0.4) is 0 Å². The van der Waals surface area contributed by atoms with Gasteiger partial charge >= 0.3 is 0 Å². The van der Waals surface area contributed by atoms with E-state index in [0.29, 0.717) is 6.04 Å². The summed E-state index contributed by atoms with van der Waals surface area (Å²) >= 11 is 0. The van der Waals surface area contributed by atoms with Crippen molar-refractivity contribution in [2.45, 2.75) is 19.4 Å². The van der Waals surface area contributed by atoms with Gasteiger partial charge in [0.2, 0.25) is 5.91 Å². The minimum absolute atomic E-state index is 0.133. The van der Waals surface area contributed by atoms with Crippen molar-refractivity contribution in [3.63, 3.8) is 0 Å². The molecule has 2 rings (SSSR count). The third-order valence-corrected chi connectivity index (χ3v) is 3.47. The van der Waals surface area contributed by atoms with Crippen LogP contribution < -0.4 is 10.6 Å². The van der Waals surface area contributed by atoms with Crippen LogP contribution in [0.4, 0.5) is 11.4 Å². The lowest BCUT2D eigenvalue weighted by Gasteiger charge is -2.24. The molecule has 2 N–H and O–H groups in total. The summed E-state index contributed by atoms with van der Waals surface area (Å²) in [4.78, 5) is 15.4. The number of amides is 1. The van der Waals surface area contributed by atoms with Gasteiger partial charge in [-0.05, 0) is 30.7 Å². The summed E-state index contributed by atoms with van der Waals surface area (Å²) in [6, 6.07) is 8.22. The molecule has 1 saturated heterocycles. The second-order valence-corrected chi connectivity index (χ2v) is 4.61. The Kier molecular flexibility index (Phi) is 3.22. The van der Waals surface area contributed by atoms with Gasteiger partial charge in [-0.1, -0.05) is 0 Å². The van der Waals surface area contributed by atoms with Crippen LogP contribution in [0.15, 0.2) is 24.3 Å². The summed E-state index contributed by atoms with van der Waals surface area (Å²) in [5.41, 5.74) is 7.63. The number of rotatable bonds is 2. The van der Waals surface area contributed by atoms with Crippen LogP contribution in [-0.2, 0) is 4.79 Å². The normalized spacial score (nSPS) is 19.4. The molecule has 4 heteroatoms. The highest BCUT2D eigenvalue weighted by Gasteiger charge is 2.26. The van der Waals surface area contributed by atoms with Gasteiger partial charge in [-0.25, -0.2) is 0 Å². The van der Waals surface area contributed by atoms with Gasteiger partial charge in [0.15, 0.2) is 0 Å². The van der Waals surface area contributed by atoms with Crippen molar-refractivity contribution in [1.82, 2.24) is 4.90 Å². The fourth-order valence-electron chi connectivity index (χ4n) is 2.23. The molecular weight excluding hydrogens is 214 g/mol. The number of carbonyl (C=O) groups excluding carboxylic acids is 1. The minimum atomic E-state index is 0.133. The second kappa shape index (κ2) is 4.65. The number of anilines is 2. The van der Waals surface area contributed by atoms with Crippen molar-refractivity contribution in [2.75, 3.05) is 30.8 Å². The average molecular weight is 233 g/mol. The van der Waals surface area contributed by atoms with Crippen LogP contribution in [-0.4, -0.2) is 37.0 Å². The van der Waals surface area contributed by atoms with Crippen molar-refractivity contribution in [3.05, 3.63) is 24.3 Å². The van der Waals surface area contributed by atoms with E-state index in [-0.39, 0.29) is 5.91 Å². The molecule has 92 valence electrons. The Hall–Kier alpha value is -1.71. The van der Waals surface area contributed by atoms with Gasteiger partial charge in [-0.15, -0.1) is 0 Å². The summed E-state index contributed by atoms with van der Waals surface area (Å²) in [7, 11) is 1.87. The molecule has 1 atom stereocenters. The second-order valence-electron chi connectivity index (χ2n) is 4.61. The first-order chi connectivity index (χ1) is 8.08. The molecule has 1 amide bonds. The highest BCUT2D eigenvalue weighted by atomic mass is 16.2. The zero-order chi connectivity index (χ0) is 12.4. The lowest BCUT2D eigenvalue weighted by molar-refractivity contribution is -0.129. The Labute approximate surface area is 102 Å². The molecule has 0 aliphatic carbocycles. The van der Waals surface area contributed by atoms with Gasteiger partial charge in [-0.2, -0.15) is 0 Å². The highest BCUT2D eigenvalue weighted by molar-refractivity contribution is 5.73. The molecule has 0 saturated carbocycles. The number of nitrogens with zero attached hydrogens (tertiary/aromatic N) is 2. The molecule has 1 aliphatic rings. The molecule has 1 fully saturated rings. The summed E-state index contributed by atoms with van der Waals surface area (Å²) in [6.45, 7) is 3.51. The standard InChI is InChI=1S/C13H19N3O/c1-10(17)15(2)13-7-8-16(9-13)12-5-3-11(14)4-6-12/h3-6,13H,7-9,14H2,1-2H3. The van der Waals surface area contributed by atoms with Gasteiger partial charge in [0.1, 0.15) is 0 Å². The molecule has 1 aliphatic heterocycles. The molecule has 0 radical (unpaired) electrons. The van der Waals surface area contributed by atoms with Gasteiger partial charge < -0.3 is 15.5 Å². The maximum atomic E-state index is 11.3. The smallest absolute Gasteiger partial charge is 0.219 e. The van der Waals surface area contributed by atoms with Crippen LogP contribution in [0.5, 0.6) is 0 Å². The van der Waals surface area contributed by atoms with E-state index in [1.807, 2.05) is 36.2 Å². The topological polar surface area (TPSA) is 49.6 Å². The van der Waals surface area contributed by atoms with E-state index in [1.54, 1.807) is 6.92 Å². The number of nitrogen functional groups attached to an aromatic ring is 1. The predicted octanol–water partition coefficient (Wildman–Crippen LogP) is 1.33. The number of nitrogens with two attached hydrogens (primary N) is 1. The lowest BCUT2D eigenvalue weighted by atomic mass is 10.2. The van der Waals surface area contributed by atoms with Gasteiger partial charge in [0.25, 0.3) is 0 Å². The zero-order valence-electron chi connectivity index (χ0n) is 10.4. The fourth-order valence-corrected chi connectivity index (χ4v) is 2.23. The maximum absolute atomic E-state index is 11.3.